The van der Waals surface area contributed by atoms with Crippen molar-refractivity contribution in [2.75, 3.05) is 13.2 Å². The third-order valence-corrected chi connectivity index (χ3v) is 5.53. The van der Waals surface area contributed by atoms with Gasteiger partial charge in [-0.1, -0.05) is 40.2 Å². The summed E-state index contributed by atoms with van der Waals surface area (Å²) in [6, 6.07) is 11.2. The first-order valence-corrected chi connectivity index (χ1v) is 10.2. The predicted octanol–water partition coefficient (Wildman–Crippen LogP) is 5.67. The normalized spacial score (nSPS) is 14.4. The summed E-state index contributed by atoms with van der Waals surface area (Å²) in [6.07, 6.45) is 4.13. The second-order valence-corrected chi connectivity index (χ2v) is 8.88. The van der Waals surface area contributed by atoms with Gasteiger partial charge in [-0.05, 0) is 75.3 Å². The van der Waals surface area contributed by atoms with Crippen LogP contribution in [0.3, 0.4) is 0 Å². The van der Waals surface area contributed by atoms with Crippen LogP contribution in [0, 0.1) is 17.6 Å². The molecule has 0 aliphatic heterocycles. The number of fused-ring (bicyclic) bond motifs is 1. The van der Waals surface area contributed by atoms with Crippen LogP contribution >= 0.6 is 15.9 Å². The number of nitrogens with one attached hydrogen (secondary N) is 1. The van der Waals surface area contributed by atoms with Crippen molar-refractivity contribution in [2.45, 2.75) is 45.1 Å². The van der Waals surface area contributed by atoms with E-state index in [0.29, 0.717) is 17.0 Å². The number of benzene rings is 2. The Labute approximate surface area is 168 Å². The number of halogens is 3. The van der Waals surface area contributed by atoms with E-state index in [2.05, 4.69) is 59.4 Å². The van der Waals surface area contributed by atoms with Crippen LogP contribution in [0.2, 0.25) is 0 Å². The Morgan fingerprint density at radius 3 is 2.48 bits per heavy atom. The van der Waals surface area contributed by atoms with Crippen LogP contribution in [0.25, 0.3) is 0 Å². The van der Waals surface area contributed by atoms with Crippen molar-refractivity contribution in [1.29, 1.82) is 0 Å². The molecule has 0 saturated heterocycles. The van der Waals surface area contributed by atoms with Gasteiger partial charge in [0.15, 0.2) is 11.6 Å². The molecule has 0 atom stereocenters. The summed E-state index contributed by atoms with van der Waals surface area (Å²) in [5.74, 6) is -1.23. The minimum atomic E-state index is -0.938. The Bertz CT molecular complexity index is 769. The molecule has 27 heavy (non-hydrogen) atoms. The van der Waals surface area contributed by atoms with Crippen molar-refractivity contribution >= 4 is 15.9 Å². The molecule has 2 aromatic carbocycles. The zero-order valence-corrected chi connectivity index (χ0v) is 17.4. The molecule has 1 aliphatic carbocycles. The molecule has 0 aromatic heterocycles. The molecule has 0 bridgehead atoms. The van der Waals surface area contributed by atoms with Crippen molar-refractivity contribution in [3.8, 4) is 5.75 Å². The zero-order chi connectivity index (χ0) is 19.4. The highest BCUT2D eigenvalue weighted by atomic mass is 79.9. The topological polar surface area (TPSA) is 21.3 Å². The fourth-order valence-electron chi connectivity index (χ4n) is 3.91. The lowest BCUT2D eigenvalue weighted by molar-refractivity contribution is 0.263. The van der Waals surface area contributed by atoms with E-state index in [-0.39, 0.29) is 11.3 Å². The Balaban J connectivity index is 1.40. The first-order valence-electron chi connectivity index (χ1n) is 9.43. The highest BCUT2D eigenvalue weighted by molar-refractivity contribution is 9.10. The molecule has 5 heteroatoms. The highest BCUT2D eigenvalue weighted by Gasteiger charge is 2.27. The molecule has 2 aromatic rings. The lowest BCUT2D eigenvalue weighted by atomic mass is 9.88. The maximum atomic E-state index is 13.7. The molecule has 3 rings (SSSR count). The largest absolute Gasteiger partial charge is 0.490 e. The predicted molar refractivity (Wildman–Crippen MR) is 108 cm³/mol. The van der Waals surface area contributed by atoms with E-state index in [1.807, 2.05) is 0 Å². The highest BCUT2D eigenvalue weighted by Crippen LogP contribution is 2.32. The third-order valence-electron chi connectivity index (χ3n) is 5.08. The quantitative estimate of drug-likeness (QED) is 0.424. The van der Waals surface area contributed by atoms with Gasteiger partial charge in [-0.2, -0.15) is 4.39 Å². The van der Waals surface area contributed by atoms with Crippen molar-refractivity contribution in [2.24, 2.45) is 5.92 Å². The van der Waals surface area contributed by atoms with Gasteiger partial charge in [-0.3, -0.25) is 0 Å². The van der Waals surface area contributed by atoms with E-state index < -0.39 is 11.6 Å². The Morgan fingerprint density at radius 2 is 1.81 bits per heavy atom. The number of hydrogen-bond acceptors (Lipinski definition) is 2. The lowest BCUT2D eigenvalue weighted by Crippen LogP contribution is -2.42. The molecule has 146 valence electrons. The molecule has 2 nitrogen and oxygen atoms in total. The molecule has 0 fully saturated rings. The van der Waals surface area contributed by atoms with Crippen LogP contribution in [-0.2, 0) is 12.8 Å². The van der Waals surface area contributed by atoms with E-state index in [0.717, 1.165) is 38.3 Å². The molecule has 0 amide bonds. The molecule has 0 heterocycles. The summed E-state index contributed by atoms with van der Waals surface area (Å²) in [7, 11) is 0. The average molecular weight is 438 g/mol. The van der Waals surface area contributed by atoms with Crippen molar-refractivity contribution in [1.82, 2.24) is 5.32 Å². The Kier molecular flexibility index (Phi) is 6.53. The maximum Gasteiger partial charge on any atom is 0.200 e. The number of rotatable bonds is 8. The van der Waals surface area contributed by atoms with E-state index in [9.17, 15) is 8.78 Å². The van der Waals surface area contributed by atoms with Crippen LogP contribution in [0.4, 0.5) is 8.78 Å². The zero-order valence-electron chi connectivity index (χ0n) is 15.8. The summed E-state index contributed by atoms with van der Waals surface area (Å²) in [5.41, 5.74) is 2.99. The Hall–Kier alpha value is -1.46. The van der Waals surface area contributed by atoms with Gasteiger partial charge in [0.05, 0.1) is 6.61 Å². The summed E-state index contributed by atoms with van der Waals surface area (Å²) in [5, 5.41) is 3.58. The van der Waals surface area contributed by atoms with Gasteiger partial charge in [0.1, 0.15) is 0 Å². The first-order chi connectivity index (χ1) is 12.8. The summed E-state index contributed by atoms with van der Waals surface area (Å²) < 4.78 is 32.9. The molecular formula is C22H26BrF2NO. The van der Waals surface area contributed by atoms with Gasteiger partial charge in [-0.25, -0.2) is 4.39 Å². The smallest absolute Gasteiger partial charge is 0.200 e. The standard InChI is InChI=1S/C22H26BrF2NO/c1-22(2,14-15-10-16-6-3-4-7-17(16)11-15)26-8-5-9-27-20-13-18(23)12-19(24)21(20)25/h3-4,6-7,12-13,15,26H,5,8-11,14H2,1-2H3. The van der Waals surface area contributed by atoms with E-state index >= 15 is 0 Å². The average Bonchev–Trinajstić information content (AvgIpc) is 2.99. The van der Waals surface area contributed by atoms with Gasteiger partial charge in [0, 0.05) is 10.0 Å². The molecule has 0 spiro atoms. The van der Waals surface area contributed by atoms with Crippen molar-refractivity contribution in [3.05, 3.63) is 63.6 Å². The van der Waals surface area contributed by atoms with Crippen molar-refractivity contribution < 1.29 is 13.5 Å². The fourth-order valence-corrected chi connectivity index (χ4v) is 4.32. The second-order valence-electron chi connectivity index (χ2n) is 7.96. The monoisotopic (exact) mass is 437 g/mol. The van der Waals surface area contributed by atoms with E-state index in [1.54, 1.807) is 0 Å². The van der Waals surface area contributed by atoms with E-state index in [1.165, 1.54) is 17.2 Å². The summed E-state index contributed by atoms with van der Waals surface area (Å²) in [4.78, 5) is 0. The van der Waals surface area contributed by atoms with Crippen LogP contribution < -0.4 is 10.1 Å². The molecule has 1 aliphatic rings. The third kappa shape index (κ3) is 5.52. The molecule has 1 N–H and O–H groups in total. The SMILES string of the molecule is CC(C)(CC1Cc2ccccc2C1)NCCCOc1cc(Br)cc(F)c1F. The van der Waals surface area contributed by atoms with E-state index in [4.69, 9.17) is 4.74 Å². The fraction of sp³-hybridized carbons (Fsp3) is 0.455. The molecule has 0 radical (unpaired) electrons. The first kappa shape index (κ1) is 20.3. The molecule has 0 saturated carbocycles. The van der Waals surface area contributed by atoms with Gasteiger partial charge < -0.3 is 10.1 Å². The van der Waals surface area contributed by atoms with Gasteiger partial charge >= 0.3 is 0 Å². The van der Waals surface area contributed by atoms with Crippen LogP contribution in [0.5, 0.6) is 5.75 Å². The summed E-state index contributed by atoms with van der Waals surface area (Å²) in [6.45, 7) is 5.55. The van der Waals surface area contributed by atoms with Crippen LogP contribution in [-0.4, -0.2) is 18.7 Å². The minimum Gasteiger partial charge on any atom is -0.490 e. The van der Waals surface area contributed by atoms with Crippen molar-refractivity contribution in [3.63, 3.8) is 0 Å². The maximum absolute atomic E-state index is 13.7. The van der Waals surface area contributed by atoms with Gasteiger partial charge in [0.2, 0.25) is 5.82 Å². The van der Waals surface area contributed by atoms with Gasteiger partial charge in [-0.15, -0.1) is 0 Å². The van der Waals surface area contributed by atoms with Crippen LogP contribution in [0.15, 0.2) is 40.9 Å². The Morgan fingerprint density at radius 1 is 1.15 bits per heavy atom. The van der Waals surface area contributed by atoms with Gasteiger partial charge in [0.25, 0.3) is 0 Å². The molecule has 0 unspecified atom stereocenters. The van der Waals surface area contributed by atoms with Crippen LogP contribution in [0.1, 0.15) is 37.8 Å². The summed E-state index contributed by atoms with van der Waals surface area (Å²) >= 11 is 3.15. The minimum absolute atomic E-state index is 0.0276. The molecular weight excluding hydrogens is 412 g/mol. The lowest BCUT2D eigenvalue weighted by Gasteiger charge is -2.29. The number of ether oxygens (including phenoxy) is 1. The second kappa shape index (κ2) is 8.70. The number of hydrogen-bond donors (Lipinski definition) is 1.